The number of rotatable bonds is 4. The minimum Gasteiger partial charge on any atom is -0.396 e. The lowest BCUT2D eigenvalue weighted by molar-refractivity contribution is 0.401. The summed E-state index contributed by atoms with van der Waals surface area (Å²) >= 11 is 3.55. The van der Waals surface area contributed by atoms with Crippen LogP contribution in [0.4, 0.5) is 11.4 Å². The molecule has 0 aromatic heterocycles. The third kappa shape index (κ3) is 3.65. The van der Waals surface area contributed by atoms with E-state index in [2.05, 4.69) is 46.8 Å². The number of benzene rings is 1. The topological polar surface area (TPSA) is 29.3 Å². The van der Waals surface area contributed by atoms with Crippen LogP contribution in [-0.2, 0) is 0 Å². The first-order valence-corrected chi connectivity index (χ1v) is 8.19. The van der Waals surface area contributed by atoms with Crippen molar-refractivity contribution in [3.63, 3.8) is 0 Å². The Morgan fingerprint density at radius 2 is 1.95 bits per heavy atom. The van der Waals surface area contributed by atoms with Gasteiger partial charge in [0.25, 0.3) is 0 Å². The molecule has 1 aliphatic carbocycles. The molecule has 2 N–H and O–H groups in total. The van der Waals surface area contributed by atoms with Gasteiger partial charge in [0.2, 0.25) is 0 Å². The standard InChI is InChI=1S/C16H25BrN2/c1-12(2)11-19(13-7-4-3-5-8-13)15-10-6-9-14(17)16(15)18/h6,9-10,12-13H,3-5,7-8,11,18H2,1-2H3. The van der Waals surface area contributed by atoms with E-state index in [0.29, 0.717) is 12.0 Å². The highest BCUT2D eigenvalue weighted by Crippen LogP contribution is 2.35. The summed E-state index contributed by atoms with van der Waals surface area (Å²) < 4.78 is 1.01. The van der Waals surface area contributed by atoms with Crippen molar-refractivity contribution in [1.82, 2.24) is 0 Å². The van der Waals surface area contributed by atoms with Crippen LogP contribution >= 0.6 is 15.9 Å². The number of halogens is 1. The van der Waals surface area contributed by atoms with Crippen molar-refractivity contribution in [3.05, 3.63) is 22.7 Å². The van der Waals surface area contributed by atoms with Crippen molar-refractivity contribution in [3.8, 4) is 0 Å². The van der Waals surface area contributed by atoms with Gasteiger partial charge in [0.05, 0.1) is 11.4 Å². The van der Waals surface area contributed by atoms with Gasteiger partial charge in [0, 0.05) is 17.1 Å². The highest BCUT2D eigenvalue weighted by atomic mass is 79.9. The lowest BCUT2D eigenvalue weighted by Crippen LogP contribution is -2.39. The first kappa shape index (κ1) is 14.7. The van der Waals surface area contributed by atoms with Gasteiger partial charge in [-0.2, -0.15) is 0 Å². The second-order valence-electron chi connectivity index (χ2n) is 6.01. The Morgan fingerprint density at radius 3 is 2.58 bits per heavy atom. The Bertz CT molecular complexity index is 411. The number of nitrogens with zero attached hydrogens (tertiary/aromatic N) is 1. The highest BCUT2D eigenvalue weighted by molar-refractivity contribution is 9.10. The maximum Gasteiger partial charge on any atom is 0.0696 e. The fraction of sp³-hybridized carbons (Fsp3) is 0.625. The van der Waals surface area contributed by atoms with Crippen LogP contribution in [0.1, 0.15) is 46.0 Å². The number of hydrogen-bond donors (Lipinski definition) is 1. The van der Waals surface area contributed by atoms with E-state index in [9.17, 15) is 0 Å². The molecule has 0 amide bonds. The summed E-state index contributed by atoms with van der Waals surface area (Å²) in [6.07, 6.45) is 6.71. The Balaban J connectivity index is 2.27. The minimum absolute atomic E-state index is 0.653. The number of hydrogen-bond acceptors (Lipinski definition) is 2. The Kier molecular flexibility index (Phi) is 5.14. The average molecular weight is 325 g/mol. The molecule has 0 aliphatic heterocycles. The van der Waals surface area contributed by atoms with E-state index in [4.69, 9.17) is 5.73 Å². The molecule has 0 unspecified atom stereocenters. The highest BCUT2D eigenvalue weighted by Gasteiger charge is 2.23. The van der Waals surface area contributed by atoms with Gasteiger partial charge in [-0.15, -0.1) is 0 Å². The average Bonchev–Trinajstić information content (AvgIpc) is 2.40. The van der Waals surface area contributed by atoms with Crippen LogP contribution in [-0.4, -0.2) is 12.6 Å². The van der Waals surface area contributed by atoms with Crippen molar-refractivity contribution in [1.29, 1.82) is 0 Å². The first-order chi connectivity index (χ1) is 9.09. The predicted molar refractivity (Wildman–Crippen MR) is 87.6 cm³/mol. The molecule has 0 radical (unpaired) electrons. The summed E-state index contributed by atoms with van der Waals surface area (Å²) in [5, 5.41) is 0. The molecule has 0 heterocycles. The fourth-order valence-electron chi connectivity index (χ4n) is 3.01. The van der Waals surface area contributed by atoms with Crippen molar-refractivity contribution < 1.29 is 0 Å². The van der Waals surface area contributed by atoms with Gasteiger partial charge in [-0.25, -0.2) is 0 Å². The normalized spacial score (nSPS) is 16.8. The molecule has 0 spiro atoms. The first-order valence-electron chi connectivity index (χ1n) is 7.40. The Morgan fingerprint density at radius 1 is 1.26 bits per heavy atom. The van der Waals surface area contributed by atoms with Gasteiger partial charge in [0.1, 0.15) is 0 Å². The van der Waals surface area contributed by atoms with Crippen LogP contribution in [0.2, 0.25) is 0 Å². The zero-order chi connectivity index (χ0) is 13.8. The Hall–Kier alpha value is -0.700. The molecule has 1 saturated carbocycles. The molecule has 1 fully saturated rings. The van der Waals surface area contributed by atoms with Crippen LogP contribution in [0.15, 0.2) is 22.7 Å². The van der Waals surface area contributed by atoms with E-state index in [1.54, 1.807) is 0 Å². The molecule has 1 aliphatic rings. The van der Waals surface area contributed by atoms with Crippen LogP contribution < -0.4 is 10.6 Å². The molecule has 0 bridgehead atoms. The number of anilines is 2. The summed E-state index contributed by atoms with van der Waals surface area (Å²) in [4.78, 5) is 2.55. The van der Waals surface area contributed by atoms with Crippen molar-refractivity contribution in [2.75, 3.05) is 17.2 Å². The molecule has 2 rings (SSSR count). The number of nitrogens with two attached hydrogens (primary N) is 1. The zero-order valence-corrected chi connectivity index (χ0v) is 13.6. The molecule has 3 heteroatoms. The quantitative estimate of drug-likeness (QED) is 0.804. The van der Waals surface area contributed by atoms with Crippen LogP contribution in [0.3, 0.4) is 0 Å². The van der Waals surface area contributed by atoms with E-state index in [1.165, 1.54) is 37.8 Å². The molecule has 0 saturated heterocycles. The molecular weight excluding hydrogens is 300 g/mol. The van der Waals surface area contributed by atoms with E-state index in [-0.39, 0.29) is 0 Å². The third-order valence-electron chi connectivity index (χ3n) is 3.92. The van der Waals surface area contributed by atoms with Crippen LogP contribution in [0.5, 0.6) is 0 Å². The molecule has 1 aromatic rings. The maximum atomic E-state index is 6.28. The van der Waals surface area contributed by atoms with Crippen LogP contribution in [0, 0.1) is 5.92 Å². The molecular formula is C16H25BrN2. The van der Waals surface area contributed by atoms with Crippen molar-refractivity contribution >= 4 is 27.3 Å². The fourth-order valence-corrected chi connectivity index (χ4v) is 3.36. The van der Waals surface area contributed by atoms with Gasteiger partial charge in [0.15, 0.2) is 0 Å². The number of nitrogen functional groups attached to an aromatic ring is 1. The predicted octanol–water partition coefficient (Wildman–Crippen LogP) is 4.83. The number of para-hydroxylation sites is 1. The third-order valence-corrected chi connectivity index (χ3v) is 4.61. The molecule has 1 aromatic carbocycles. The van der Waals surface area contributed by atoms with Gasteiger partial charge in [-0.3, -0.25) is 0 Å². The summed E-state index contributed by atoms with van der Waals surface area (Å²) in [5.74, 6) is 0.653. The van der Waals surface area contributed by atoms with Crippen molar-refractivity contribution in [2.24, 2.45) is 5.92 Å². The molecule has 2 nitrogen and oxygen atoms in total. The monoisotopic (exact) mass is 324 g/mol. The van der Waals surface area contributed by atoms with Crippen molar-refractivity contribution in [2.45, 2.75) is 52.0 Å². The van der Waals surface area contributed by atoms with Gasteiger partial charge >= 0.3 is 0 Å². The second-order valence-corrected chi connectivity index (χ2v) is 6.87. The second kappa shape index (κ2) is 6.65. The lowest BCUT2D eigenvalue weighted by Gasteiger charge is -2.38. The van der Waals surface area contributed by atoms with Gasteiger partial charge in [-0.1, -0.05) is 39.2 Å². The Labute approximate surface area is 125 Å². The zero-order valence-electron chi connectivity index (χ0n) is 12.0. The van der Waals surface area contributed by atoms with Crippen LogP contribution in [0.25, 0.3) is 0 Å². The van der Waals surface area contributed by atoms with Gasteiger partial charge < -0.3 is 10.6 Å². The summed E-state index contributed by atoms with van der Waals surface area (Å²) in [6, 6.07) is 6.93. The van der Waals surface area contributed by atoms with Gasteiger partial charge in [-0.05, 0) is 46.8 Å². The van der Waals surface area contributed by atoms with E-state index >= 15 is 0 Å². The maximum absolute atomic E-state index is 6.28. The molecule has 106 valence electrons. The largest absolute Gasteiger partial charge is 0.396 e. The van der Waals surface area contributed by atoms with E-state index < -0.39 is 0 Å². The molecule has 0 atom stereocenters. The molecule has 19 heavy (non-hydrogen) atoms. The van der Waals surface area contributed by atoms with E-state index in [1.807, 2.05) is 6.07 Å². The summed E-state index contributed by atoms with van der Waals surface area (Å²) in [6.45, 7) is 5.65. The van der Waals surface area contributed by atoms with E-state index in [0.717, 1.165) is 16.7 Å². The lowest BCUT2D eigenvalue weighted by atomic mass is 9.93. The SMILES string of the molecule is CC(C)CN(c1cccc(Br)c1N)C1CCCCC1. The summed E-state index contributed by atoms with van der Waals surface area (Å²) in [5.41, 5.74) is 8.36. The minimum atomic E-state index is 0.653. The summed E-state index contributed by atoms with van der Waals surface area (Å²) in [7, 11) is 0. The smallest absolute Gasteiger partial charge is 0.0696 e.